The molecule has 2 atom stereocenters. The van der Waals surface area contributed by atoms with E-state index in [0.717, 1.165) is 19.3 Å². The Morgan fingerprint density at radius 3 is 2.76 bits per heavy atom. The third kappa shape index (κ3) is 3.80. The number of rotatable bonds is 5. The van der Waals surface area contributed by atoms with Gasteiger partial charge in [-0.1, -0.05) is 20.3 Å². The Bertz CT molecular complexity index is 286. The summed E-state index contributed by atoms with van der Waals surface area (Å²) in [5.74, 6) is 0.0206. The zero-order valence-electron chi connectivity index (χ0n) is 10.3. The lowest BCUT2D eigenvalue weighted by Gasteiger charge is -2.24. The Morgan fingerprint density at radius 1 is 1.53 bits per heavy atom. The van der Waals surface area contributed by atoms with Crippen molar-refractivity contribution in [2.24, 2.45) is 0 Å². The van der Waals surface area contributed by atoms with Gasteiger partial charge in [-0.25, -0.2) is 9.59 Å². The Balaban J connectivity index is 2.54. The van der Waals surface area contributed by atoms with E-state index in [1.807, 2.05) is 6.92 Å². The summed E-state index contributed by atoms with van der Waals surface area (Å²) in [5, 5.41) is 11.9. The SMILES string of the molecule is CCCC(CC)NC(=O)N1CSCC1C(=O)O. The minimum atomic E-state index is -0.923. The number of urea groups is 1. The van der Waals surface area contributed by atoms with Gasteiger partial charge in [0.25, 0.3) is 0 Å². The second-order valence-electron chi connectivity index (χ2n) is 4.17. The van der Waals surface area contributed by atoms with Gasteiger partial charge < -0.3 is 15.3 Å². The molecule has 2 amide bonds. The lowest BCUT2D eigenvalue weighted by atomic mass is 10.1. The monoisotopic (exact) mass is 260 g/mol. The number of carboxylic acid groups (broad SMARTS) is 1. The first-order valence-electron chi connectivity index (χ1n) is 5.97. The van der Waals surface area contributed by atoms with Crippen LogP contribution in [0.4, 0.5) is 4.79 Å². The normalized spacial score (nSPS) is 21.3. The van der Waals surface area contributed by atoms with Gasteiger partial charge in [0, 0.05) is 11.8 Å². The fourth-order valence-corrected chi connectivity index (χ4v) is 2.98. The largest absolute Gasteiger partial charge is 0.480 e. The van der Waals surface area contributed by atoms with Crippen LogP contribution >= 0.6 is 11.8 Å². The van der Waals surface area contributed by atoms with E-state index in [9.17, 15) is 9.59 Å². The fraction of sp³-hybridized carbons (Fsp3) is 0.818. The van der Waals surface area contributed by atoms with Gasteiger partial charge in [-0.05, 0) is 12.8 Å². The number of nitrogens with one attached hydrogen (secondary N) is 1. The van der Waals surface area contributed by atoms with Crippen LogP contribution in [0.1, 0.15) is 33.1 Å². The zero-order chi connectivity index (χ0) is 12.8. The summed E-state index contributed by atoms with van der Waals surface area (Å²) in [6, 6.07) is -0.783. The molecule has 0 aromatic heterocycles. The van der Waals surface area contributed by atoms with Crippen LogP contribution in [0.5, 0.6) is 0 Å². The van der Waals surface area contributed by atoms with Crippen LogP contribution in [0, 0.1) is 0 Å². The van der Waals surface area contributed by atoms with Gasteiger partial charge in [0.1, 0.15) is 6.04 Å². The van der Waals surface area contributed by atoms with E-state index in [1.54, 1.807) is 0 Å². The van der Waals surface area contributed by atoms with Crippen molar-refractivity contribution in [1.29, 1.82) is 0 Å². The summed E-state index contributed by atoms with van der Waals surface area (Å²) in [5.41, 5.74) is 0. The van der Waals surface area contributed by atoms with Crippen molar-refractivity contribution in [3.8, 4) is 0 Å². The van der Waals surface area contributed by atoms with Crippen molar-refractivity contribution in [2.75, 3.05) is 11.6 Å². The molecule has 0 spiro atoms. The first kappa shape index (κ1) is 14.2. The van der Waals surface area contributed by atoms with E-state index in [-0.39, 0.29) is 12.1 Å². The topological polar surface area (TPSA) is 69.6 Å². The van der Waals surface area contributed by atoms with E-state index in [4.69, 9.17) is 5.11 Å². The maximum Gasteiger partial charge on any atom is 0.327 e. The number of carboxylic acids is 1. The molecular formula is C11H20N2O3S. The molecule has 0 radical (unpaired) electrons. The van der Waals surface area contributed by atoms with Gasteiger partial charge in [0.2, 0.25) is 0 Å². The molecule has 0 aromatic rings. The van der Waals surface area contributed by atoms with Crippen molar-refractivity contribution in [1.82, 2.24) is 10.2 Å². The zero-order valence-corrected chi connectivity index (χ0v) is 11.1. The molecule has 98 valence electrons. The standard InChI is InChI=1S/C11H20N2O3S/c1-3-5-8(4-2)12-11(16)13-7-17-6-9(13)10(14)15/h8-9H,3-7H2,1-2H3,(H,12,16)(H,14,15). The van der Waals surface area contributed by atoms with E-state index in [2.05, 4.69) is 12.2 Å². The van der Waals surface area contributed by atoms with Crippen LogP contribution in [0.2, 0.25) is 0 Å². The Labute approximate surface area is 106 Å². The van der Waals surface area contributed by atoms with Crippen molar-refractivity contribution < 1.29 is 14.7 Å². The molecule has 1 aliphatic heterocycles. The molecule has 5 nitrogen and oxygen atoms in total. The number of amides is 2. The molecule has 0 bridgehead atoms. The van der Waals surface area contributed by atoms with Crippen molar-refractivity contribution >= 4 is 23.8 Å². The van der Waals surface area contributed by atoms with Gasteiger partial charge >= 0.3 is 12.0 Å². The predicted octanol–water partition coefficient (Wildman–Crippen LogP) is 1.73. The Kier molecular flexibility index (Phi) is 5.61. The van der Waals surface area contributed by atoms with Crippen molar-refractivity contribution in [2.45, 2.75) is 45.2 Å². The second kappa shape index (κ2) is 6.74. The molecule has 1 aliphatic rings. The summed E-state index contributed by atoms with van der Waals surface area (Å²) in [6.45, 7) is 4.09. The number of hydrogen-bond acceptors (Lipinski definition) is 3. The molecule has 0 aromatic carbocycles. The van der Waals surface area contributed by atoms with Crippen molar-refractivity contribution in [3.63, 3.8) is 0 Å². The molecule has 1 heterocycles. The van der Waals surface area contributed by atoms with Crippen LogP contribution in [0.25, 0.3) is 0 Å². The molecule has 0 saturated carbocycles. The van der Waals surface area contributed by atoms with Crippen LogP contribution in [0.15, 0.2) is 0 Å². The lowest BCUT2D eigenvalue weighted by Crippen LogP contribution is -2.49. The molecule has 0 aliphatic carbocycles. The first-order chi connectivity index (χ1) is 8.10. The molecule has 6 heteroatoms. The second-order valence-corrected chi connectivity index (χ2v) is 5.17. The number of aliphatic carboxylic acids is 1. The number of nitrogens with zero attached hydrogens (tertiary/aromatic N) is 1. The minimum absolute atomic E-state index is 0.146. The predicted molar refractivity (Wildman–Crippen MR) is 68.1 cm³/mol. The van der Waals surface area contributed by atoms with Gasteiger partial charge in [-0.15, -0.1) is 11.8 Å². The molecule has 2 unspecified atom stereocenters. The van der Waals surface area contributed by atoms with Crippen LogP contribution in [-0.2, 0) is 4.79 Å². The Hall–Kier alpha value is -0.910. The summed E-state index contributed by atoms with van der Waals surface area (Å²) in [6.07, 6.45) is 2.81. The summed E-state index contributed by atoms with van der Waals surface area (Å²) in [4.78, 5) is 24.3. The summed E-state index contributed by atoms with van der Waals surface area (Å²) < 4.78 is 0. The van der Waals surface area contributed by atoms with Crippen molar-refractivity contribution in [3.05, 3.63) is 0 Å². The number of carbonyl (C=O) groups is 2. The molecule has 1 rings (SSSR count). The fourth-order valence-electron chi connectivity index (χ4n) is 1.83. The number of hydrogen-bond donors (Lipinski definition) is 2. The highest BCUT2D eigenvalue weighted by molar-refractivity contribution is 7.99. The number of thioether (sulfide) groups is 1. The molecule has 1 fully saturated rings. The Morgan fingerprint density at radius 2 is 2.24 bits per heavy atom. The van der Waals surface area contributed by atoms with E-state index < -0.39 is 12.0 Å². The molecule has 2 N–H and O–H groups in total. The molecular weight excluding hydrogens is 240 g/mol. The average Bonchev–Trinajstić information content (AvgIpc) is 2.77. The summed E-state index contributed by atoms with van der Waals surface area (Å²) in [7, 11) is 0. The quantitative estimate of drug-likeness (QED) is 0.790. The maximum atomic E-state index is 11.9. The van der Waals surface area contributed by atoms with Gasteiger partial charge in [0.15, 0.2) is 0 Å². The highest BCUT2D eigenvalue weighted by Crippen LogP contribution is 2.21. The smallest absolute Gasteiger partial charge is 0.327 e. The molecule has 1 saturated heterocycles. The van der Waals surface area contributed by atoms with E-state index in [1.165, 1.54) is 16.7 Å². The molecule has 17 heavy (non-hydrogen) atoms. The average molecular weight is 260 g/mol. The third-order valence-electron chi connectivity index (χ3n) is 2.89. The lowest BCUT2D eigenvalue weighted by molar-refractivity contribution is -0.140. The number of carbonyl (C=O) groups excluding carboxylic acids is 1. The van der Waals surface area contributed by atoms with Gasteiger partial charge in [0.05, 0.1) is 5.88 Å². The van der Waals surface area contributed by atoms with Crippen LogP contribution < -0.4 is 5.32 Å². The summed E-state index contributed by atoms with van der Waals surface area (Å²) >= 11 is 1.48. The minimum Gasteiger partial charge on any atom is -0.480 e. The third-order valence-corrected chi connectivity index (χ3v) is 3.90. The van der Waals surface area contributed by atoms with Gasteiger partial charge in [-0.2, -0.15) is 0 Å². The van der Waals surface area contributed by atoms with E-state index >= 15 is 0 Å². The van der Waals surface area contributed by atoms with Crippen LogP contribution in [-0.4, -0.2) is 45.7 Å². The van der Waals surface area contributed by atoms with Crippen LogP contribution in [0.3, 0.4) is 0 Å². The van der Waals surface area contributed by atoms with E-state index in [0.29, 0.717) is 11.6 Å². The van der Waals surface area contributed by atoms with Gasteiger partial charge in [-0.3, -0.25) is 0 Å². The highest BCUT2D eigenvalue weighted by atomic mass is 32.2. The first-order valence-corrected chi connectivity index (χ1v) is 7.13. The maximum absolute atomic E-state index is 11.9. The highest BCUT2D eigenvalue weighted by Gasteiger charge is 2.34.